The Hall–Kier alpha value is -1.53. The molecule has 1 saturated heterocycles. The summed E-state index contributed by atoms with van der Waals surface area (Å²) < 4.78 is 38.1. The Morgan fingerprint density at radius 3 is 2.89 bits per heavy atom. The number of anilines is 2. The quantitative estimate of drug-likeness (QED) is 0.885. The van der Waals surface area contributed by atoms with E-state index in [0.717, 1.165) is 0 Å². The molecule has 1 unspecified atom stereocenters. The zero-order valence-electron chi connectivity index (χ0n) is 10.0. The molecular formula is C11H15F3N4. The zero-order valence-corrected chi connectivity index (χ0v) is 10.0. The van der Waals surface area contributed by atoms with Gasteiger partial charge in [0.25, 0.3) is 0 Å². The minimum Gasteiger partial charge on any atom is -0.357 e. The lowest BCUT2D eigenvalue weighted by Crippen LogP contribution is -2.42. The van der Waals surface area contributed by atoms with Crippen molar-refractivity contribution in [3.8, 4) is 0 Å². The van der Waals surface area contributed by atoms with Crippen LogP contribution in [0.1, 0.15) is 12.8 Å². The Kier molecular flexibility index (Phi) is 3.58. The Bertz CT molecular complexity index is 408. The highest BCUT2D eigenvalue weighted by atomic mass is 19.4. The van der Waals surface area contributed by atoms with Gasteiger partial charge < -0.3 is 10.2 Å². The summed E-state index contributed by atoms with van der Waals surface area (Å²) in [5, 5.41) is 2.78. The minimum atomic E-state index is -4.13. The van der Waals surface area contributed by atoms with Crippen LogP contribution in [0.3, 0.4) is 0 Å². The van der Waals surface area contributed by atoms with E-state index in [9.17, 15) is 13.2 Å². The summed E-state index contributed by atoms with van der Waals surface area (Å²) in [5.41, 5.74) is 0. The second-order valence-corrected chi connectivity index (χ2v) is 4.32. The van der Waals surface area contributed by atoms with E-state index >= 15 is 0 Å². The van der Waals surface area contributed by atoms with Gasteiger partial charge in [-0.15, -0.1) is 0 Å². The number of aromatic nitrogens is 2. The Morgan fingerprint density at radius 1 is 1.44 bits per heavy atom. The monoisotopic (exact) mass is 260 g/mol. The van der Waals surface area contributed by atoms with Gasteiger partial charge in [0.2, 0.25) is 5.95 Å². The van der Waals surface area contributed by atoms with Crippen LogP contribution in [0.5, 0.6) is 0 Å². The van der Waals surface area contributed by atoms with Crippen LogP contribution in [0.15, 0.2) is 12.3 Å². The summed E-state index contributed by atoms with van der Waals surface area (Å²) in [6.07, 6.45) is -1.85. The molecule has 4 nitrogen and oxygen atoms in total. The predicted octanol–water partition coefficient (Wildman–Crippen LogP) is 2.30. The van der Waals surface area contributed by atoms with E-state index in [2.05, 4.69) is 15.3 Å². The van der Waals surface area contributed by atoms with E-state index in [4.69, 9.17) is 0 Å². The molecule has 7 heteroatoms. The molecule has 1 atom stereocenters. The average molecular weight is 260 g/mol. The van der Waals surface area contributed by atoms with Crippen molar-refractivity contribution in [1.82, 2.24) is 9.97 Å². The number of nitrogens with one attached hydrogen (secondary N) is 1. The molecule has 0 aromatic carbocycles. The third kappa shape index (κ3) is 2.83. The number of hydrogen-bond acceptors (Lipinski definition) is 4. The van der Waals surface area contributed by atoms with E-state index < -0.39 is 12.1 Å². The third-order valence-corrected chi connectivity index (χ3v) is 3.07. The summed E-state index contributed by atoms with van der Waals surface area (Å²) in [5.74, 6) is -0.302. The summed E-state index contributed by atoms with van der Waals surface area (Å²) in [7, 11) is 1.67. The fourth-order valence-corrected chi connectivity index (χ4v) is 2.10. The topological polar surface area (TPSA) is 41.1 Å². The van der Waals surface area contributed by atoms with Gasteiger partial charge in [0, 0.05) is 26.3 Å². The van der Waals surface area contributed by atoms with Gasteiger partial charge in [-0.05, 0) is 18.9 Å². The first-order valence-electron chi connectivity index (χ1n) is 5.83. The first-order valence-corrected chi connectivity index (χ1v) is 5.83. The molecule has 0 bridgehead atoms. The molecule has 0 saturated carbocycles. The maximum atomic E-state index is 12.7. The largest absolute Gasteiger partial charge is 0.393 e. The van der Waals surface area contributed by atoms with E-state index in [1.807, 2.05) is 0 Å². The normalized spacial score (nSPS) is 20.9. The lowest BCUT2D eigenvalue weighted by molar-refractivity contribution is -0.176. The Balaban J connectivity index is 2.13. The molecule has 0 spiro atoms. The molecular weight excluding hydrogens is 245 g/mol. The van der Waals surface area contributed by atoms with Crippen LogP contribution in [0.4, 0.5) is 24.9 Å². The van der Waals surface area contributed by atoms with Crippen LogP contribution in [-0.2, 0) is 0 Å². The van der Waals surface area contributed by atoms with Gasteiger partial charge in [-0.3, -0.25) is 0 Å². The van der Waals surface area contributed by atoms with Crippen LogP contribution in [0.25, 0.3) is 0 Å². The minimum absolute atomic E-state index is 0.0241. The summed E-state index contributed by atoms with van der Waals surface area (Å²) >= 11 is 0. The van der Waals surface area contributed by atoms with Crippen molar-refractivity contribution >= 4 is 11.8 Å². The van der Waals surface area contributed by atoms with Crippen molar-refractivity contribution in [3.63, 3.8) is 0 Å². The lowest BCUT2D eigenvalue weighted by atomic mass is 9.97. The molecule has 0 aliphatic carbocycles. The smallest absolute Gasteiger partial charge is 0.357 e. The van der Waals surface area contributed by atoms with Crippen LogP contribution in [-0.4, -0.2) is 36.3 Å². The molecule has 2 rings (SSSR count). The maximum Gasteiger partial charge on any atom is 0.393 e. The number of nitrogens with zero attached hydrogens (tertiary/aromatic N) is 3. The van der Waals surface area contributed by atoms with Crippen molar-refractivity contribution in [2.75, 3.05) is 30.4 Å². The van der Waals surface area contributed by atoms with Crippen molar-refractivity contribution in [3.05, 3.63) is 12.3 Å². The second kappa shape index (κ2) is 4.99. The molecule has 0 amide bonds. The number of hydrogen-bond donors (Lipinski definition) is 1. The maximum absolute atomic E-state index is 12.7. The molecule has 100 valence electrons. The first kappa shape index (κ1) is 12.9. The van der Waals surface area contributed by atoms with Crippen LogP contribution in [0, 0.1) is 5.92 Å². The van der Waals surface area contributed by atoms with Crippen molar-refractivity contribution in [2.24, 2.45) is 5.92 Å². The standard InChI is InChI=1S/C11H15F3N4/c1-15-10-16-5-4-9(17-10)18-6-2-3-8(7-18)11(12,13)14/h4-5,8H,2-3,6-7H2,1H3,(H,15,16,17). The van der Waals surface area contributed by atoms with Gasteiger partial charge in [-0.25, -0.2) is 4.98 Å². The highest BCUT2D eigenvalue weighted by Crippen LogP contribution is 2.34. The number of alkyl halides is 3. The molecule has 1 aliphatic rings. The van der Waals surface area contributed by atoms with Gasteiger partial charge in [0.05, 0.1) is 5.92 Å². The first-order chi connectivity index (χ1) is 8.50. The summed E-state index contributed by atoms with van der Waals surface area (Å²) in [4.78, 5) is 9.79. The van der Waals surface area contributed by atoms with Crippen LogP contribution >= 0.6 is 0 Å². The summed E-state index contributed by atoms with van der Waals surface area (Å²) in [6, 6.07) is 1.64. The lowest BCUT2D eigenvalue weighted by Gasteiger charge is -2.34. The van der Waals surface area contributed by atoms with Crippen LogP contribution in [0.2, 0.25) is 0 Å². The van der Waals surface area contributed by atoms with Gasteiger partial charge >= 0.3 is 6.18 Å². The molecule has 18 heavy (non-hydrogen) atoms. The fraction of sp³-hybridized carbons (Fsp3) is 0.636. The number of rotatable bonds is 2. The van der Waals surface area contributed by atoms with Crippen molar-refractivity contribution in [1.29, 1.82) is 0 Å². The zero-order chi connectivity index (χ0) is 13.2. The van der Waals surface area contributed by atoms with Crippen LogP contribution < -0.4 is 10.2 Å². The Labute approximate surface area is 103 Å². The average Bonchev–Trinajstić information content (AvgIpc) is 2.38. The fourth-order valence-electron chi connectivity index (χ4n) is 2.10. The molecule has 1 aliphatic heterocycles. The van der Waals surface area contributed by atoms with Gasteiger partial charge in [-0.2, -0.15) is 18.2 Å². The molecule has 1 fully saturated rings. The van der Waals surface area contributed by atoms with E-state index in [1.54, 1.807) is 24.2 Å². The molecule has 0 radical (unpaired) electrons. The molecule has 1 N–H and O–H groups in total. The molecule has 2 heterocycles. The molecule has 1 aromatic rings. The third-order valence-electron chi connectivity index (χ3n) is 3.07. The second-order valence-electron chi connectivity index (χ2n) is 4.32. The highest BCUT2D eigenvalue weighted by molar-refractivity contribution is 5.42. The van der Waals surface area contributed by atoms with E-state index in [1.165, 1.54) is 0 Å². The van der Waals surface area contributed by atoms with E-state index in [-0.39, 0.29) is 13.0 Å². The SMILES string of the molecule is CNc1nccc(N2CCCC(C(F)(F)F)C2)n1. The molecule has 1 aromatic heterocycles. The van der Waals surface area contributed by atoms with Gasteiger partial charge in [0.1, 0.15) is 5.82 Å². The van der Waals surface area contributed by atoms with Crippen molar-refractivity contribution < 1.29 is 13.2 Å². The van der Waals surface area contributed by atoms with Gasteiger partial charge in [0.15, 0.2) is 0 Å². The van der Waals surface area contributed by atoms with E-state index in [0.29, 0.717) is 24.7 Å². The highest BCUT2D eigenvalue weighted by Gasteiger charge is 2.42. The number of piperidine rings is 1. The van der Waals surface area contributed by atoms with Crippen molar-refractivity contribution in [2.45, 2.75) is 19.0 Å². The Morgan fingerprint density at radius 2 is 2.22 bits per heavy atom. The number of halogens is 3. The summed E-state index contributed by atoms with van der Waals surface area (Å²) in [6.45, 7) is 0.580. The predicted molar refractivity (Wildman–Crippen MR) is 62.6 cm³/mol. The van der Waals surface area contributed by atoms with Gasteiger partial charge in [-0.1, -0.05) is 0 Å².